The Morgan fingerprint density at radius 3 is 2.56 bits per heavy atom. The number of rotatable bonds is 4. The molecule has 34 heavy (non-hydrogen) atoms. The van der Waals surface area contributed by atoms with Gasteiger partial charge in [-0.25, -0.2) is 9.18 Å². The first-order chi connectivity index (χ1) is 16.6. The number of hydrogen-bond acceptors (Lipinski definition) is 3. The Morgan fingerprint density at radius 2 is 1.79 bits per heavy atom. The summed E-state index contributed by atoms with van der Waals surface area (Å²) in [6.45, 7) is 1.75. The lowest BCUT2D eigenvalue weighted by atomic mass is 9.99. The Kier molecular flexibility index (Phi) is 5.03. The molecule has 4 aromatic rings. The fraction of sp³-hybridized carbons (Fsp3) is 0.333. The van der Waals surface area contributed by atoms with E-state index in [2.05, 4.69) is 16.3 Å². The molecule has 1 amide bonds. The molecular formula is C27H27FN4O2. The van der Waals surface area contributed by atoms with E-state index in [4.69, 9.17) is 0 Å². The normalized spacial score (nSPS) is 18.7. The summed E-state index contributed by atoms with van der Waals surface area (Å²) in [5.41, 5.74) is 3.97. The summed E-state index contributed by atoms with van der Waals surface area (Å²) in [7, 11) is 1.58. The van der Waals surface area contributed by atoms with Gasteiger partial charge in [0.15, 0.2) is 0 Å². The maximum Gasteiger partial charge on any atom is 0.329 e. The van der Waals surface area contributed by atoms with E-state index < -0.39 is 0 Å². The van der Waals surface area contributed by atoms with Crippen molar-refractivity contribution >= 4 is 27.7 Å². The number of halogens is 1. The molecule has 174 valence electrons. The number of likely N-dealkylation sites (N-methyl/N-ethyl adjacent to an activating group) is 1. The Morgan fingerprint density at radius 1 is 1.03 bits per heavy atom. The van der Waals surface area contributed by atoms with E-state index in [0.29, 0.717) is 5.39 Å². The van der Waals surface area contributed by atoms with Crippen LogP contribution >= 0.6 is 0 Å². The molecule has 6 nitrogen and oxygen atoms in total. The standard InChI is InChI=1S/C27H27FN4O2/c1-29-25(33)16-31-22-7-2-3-8-23(22)32(27(31)34)18-11-13-30(14-12-18)24-15-17-9-10-21(28)19-5-4-6-20(24)26(17)19/h2-10,18,24H,11-16H2,1H3,(H,29,33). The second-order valence-corrected chi connectivity index (χ2v) is 9.36. The summed E-state index contributed by atoms with van der Waals surface area (Å²) in [4.78, 5) is 27.9. The SMILES string of the molecule is CNC(=O)Cn1c(=O)n(C2CCN(C3Cc4ccc(F)c5cccc3c45)CC2)c2ccccc21. The first-order valence-corrected chi connectivity index (χ1v) is 11.9. The molecule has 0 spiro atoms. The Labute approximate surface area is 196 Å². The summed E-state index contributed by atoms with van der Waals surface area (Å²) >= 11 is 0. The fourth-order valence-corrected chi connectivity index (χ4v) is 5.98. The minimum Gasteiger partial charge on any atom is -0.358 e. The number of carbonyl (C=O) groups excluding carboxylic acids is 1. The number of benzene rings is 3. The molecule has 2 aliphatic rings. The van der Waals surface area contributed by atoms with Crippen molar-refractivity contribution in [2.45, 2.75) is 37.9 Å². The molecule has 1 unspecified atom stereocenters. The third-order valence-electron chi connectivity index (χ3n) is 7.63. The average molecular weight is 459 g/mol. The third-order valence-corrected chi connectivity index (χ3v) is 7.63. The van der Waals surface area contributed by atoms with Gasteiger partial charge in [0.1, 0.15) is 12.4 Å². The largest absolute Gasteiger partial charge is 0.358 e. The van der Waals surface area contributed by atoms with Gasteiger partial charge in [0, 0.05) is 37.6 Å². The van der Waals surface area contributed by atoms with Crippen molar-refractivity contribution in [2.24, 2.45) is 0 Å². The number of hydrogen-bond donors (Lipinski definition) is 1. The van der Waals surface area contributed by atoms with Crippen LogP contribution in [0.5, 0.6) is 0 Å². The highest BCUT2D eigenvalue weighted by Gasteiger charge is 2.33. The van der Waals surface area contributed by atoms with Crippen molar-refractivity contribution in [3.8, 4) is 0 Å². The van der Waals surface area contributed by atoms with Gasteiger partial charge in [0.25, 0.3) is 0 Å². The number of amides is 1. The summed E-state index contributed by atoms with van der Waals surface area (Å²) < 4.78 is 17.8. The van der Waals surface area contributed by atoms with Crippen LogP contribution in [0.15, 0.2) is 59.4 Å². The number of imidazole rings is 1. The molecule has 1 aliphatic heterocycles. The van der Waals surface area contributed by atoms with Gasteiger partial charge in [-0.05, 0) is 54.0 Å². The molecule has 1 fully saturated rings. The molecule has 0 radical (unpaired) electrons. The van der Waals surface area contributed by atoms with Crippen LogP contribution in [0.3, 0.4) is 0 Å². The molecule has 6 rings (SSSR count). The zero-order valence-electron chi connectivity index (χ0n) is 19.1. The first kappa shape index (κ1) is 21.1. The number of fused-ring (bicyclic) bond motifs is 1. The lowest BCUT2D eigenvalue weighted by Gasteiger charge is -2.36. The lowest BCUT2D eigenvalue weighted by molar-refractivity contribution is -0.121. The summed E-state index contributed by atoms with van der Waals surface area (Å²) in [6, 6.07) is 17.5. The van der Waals surface area contributed by atoms with E-state index in [0.717, 1.165) is 48.8 Å². The number of nitrogens with one attached hydrogen (secondary N) is 1. The van der Waals surface area contributed by atoms with Crippen LogP contribution in [0.4, 0.5) is 4.39 Å². The fourth-order valence-electron chi connectivity index (χ4n) is 5.98. The molecule has 7 heteroatoms. The van der Waals surface area contributed by atoms with Gasteiger partial charge in [-0.15, -0.1) is 0 Å². The van der Waals surface area contributed by atoms with E-state index >= 15 is 0 Å². The van der Waals surface area contributed by atoms with E-state index in [1.54, 1.807) is 17.7 Å². The van der Waals surface area contributed by atoms with E-state index in [1.165, 1.54) is 11.1 Å². The number of aromatic nitrogens is 2. The van der Waals surface area contributed by atoms with Crippen molar-refractivity contribution in [3.63, 3.8) is 0 Å². The molecule has 2 heterocycles. The quantitative estimate of drug-likeness (QED) is 0.507. The predicted molar refractivity (Wildman–Crippen MR) is 130 cm³/mol. The molecule has 1 atom stereocenters. The number of nitrogens with zero attached hydrogens (tertiary/aromatic N) is 3. The second kappa shape index (κ2) is 8.09. The summed E-state index contributed by atoms with van der Waals surface area (Å²) in [6.07, 6.45) is 2.60. The Hall–Kier alpha value is -3.45. The highest BCUT2D eigenvalue weighted by Crippen LogP contribution is 2.42. The molecule has 0 saturated carbocycles. The molecular weight excluding hydrogens is 431 g/mol. The van der Waals surface area contributed by atoms with Crippen LogP contribution in [-0.4, -0.2) is 40.1 Å². The zero-order chi connectivity index (χ0) is 23.4. The van der Waals surface area contributed by atoms with Gasteiger partial charge in [0.05, 0.1) is 11.0 Å². The first-order valence-electron chi connectivity index (χ1n) is 11.9. The molecule has 1 aliphatic carbocycles. The zero-order valence-corrected chi connectivity index (χ0v) is 19.1. The summed E-state index contributed by atoms with van der Waals surface area (Å²) in [5, 5.41) is 4.40. The Balaban J connectivity index is 1.28. The number of carbonyl (C=O) groups is 1. The highest BCUT2D eigenvalue weighted by molar-refractivity contribution is 5.91. The number of piperidine rings is 1. The second-order valence-electron chi connectivity index (χ2n) is 9.36. The van der Waals surface area contributed by atoms with Crippen molar-refractivity contribution in [2.75, 3.05) is 20.1 Å². The van der Waals surface area contributed by atoms with Crippen LogP contribution < -0.4 is 11.0 Å². The van der Waals surface area contributed by atoms with Crippen LogP contribution in [0.1, 0.15) is 36.1 Å². The topological polar surface area (TPSA) is 59.3 Å². The minimum absolute atomic E-state index is 0.0165. The van der Waals surface area contributed by atoms with Gasteiger partial charge in [-0.2, -0.15) is 0 Å². The molecule has 1 N–H and O–H groups in total. The van der Waals surface area contributed by atoms with Crippen LogP contribution in [-0.2, 0) is 17.8 Å². The van der Waals surface area contributed by atoms with Crippen molar-refractivity contribution in [1.29, 1.82) is 0 Å². The van der Waals surface area contributed by atoms with Crippen molar-refractivity contribution < 1.29 is 9.18 Å². The van der Waals surface area contributed by atoms with E-state index in [1.807, 2.05) is 47.0 Å². The van der Waals surface area contributed by atoms with E-state index in [-0.39, 0.29) is 36.0 Å². The van der Waals surface area contributed by atoms with Gasteiger partial charge in [-0.3, -0.25) is 18.8 Å². The molecule has 1 saturated heterocycles. The van der Waals surface area contributed by atoms with Crippen LogP contribution in [0.2, 0.25) is 0 Å². The van der Waals surface area contributed by atoms with Crippen molar-refractivity contribution in [3.05, 3.63) is 82.0 Å². The third kappa shape index (κ3) is 3.18. The summed E-state index contributed by atoms with van der Waals surface area (Å²) in [5.74, 6) is -0.348. The van der Waals surface area contributed by atoms with Crippen LogP contribution in [0, 0.1) is 5.82 Å². The number of likely N-dealkylation sites (tertiary alicyclic amines) is 1. The minimum atomic E-state index is -0.189. The predicted octanol–water partition coefficient (Wildman–Crippen LogP) is 3.78. The highest BCUT2D eigenvalue weighted by atomic mass is 19.1. The average Bonchev–Trinajstić information content (AvgIpc) is 3.38. The van der Waals surface area contributed by atoms with Gasteiger partial charge in [-0.1, -0.05) is 36.4 Å². The van der Waals surface area contributed by atoms with E-state index in [9.17, 15) is 14.0 Å². The maximum atomic E-state index is 14.4. The maximum absolute atomic E-state index is 14.4. The van der Waals surface area contributed by atoms with Gasteiger partial charge in [0.2, 0.25) is 5.91 Å². The van der Waals surface area contributed by atoms with Gasteiger partial charge >= 0.3 is 5.69 Å². The molecule has 0 bridgehead atoms. The monoisotopic (exact) mass is 458 g/mol. The molecule has 3 aromatic carbocycles. The Bertz CT molecular complexity index is 1480. The molecule has 1 aromatic heterocycles. The lowest BCUT2D eigenvalue weighted by Crippen LogP contribution is -2.40. The smallest absolute Gasteiger partial charge is 0.329 e. The van der Waals surface area contributed by atoms with Gasteiger partial charge < -0.3 is 5.32 Å². The van der Waals surface area contributed by atoms with Crippen molar-refractivity contribution in [1.82, 2.24) is 19.4 Å². The van der Waals surface area contributed by atoms with Crippen LogP contribution in [0.25, 0.3) is 21.8 Å². The number of para-hydroxylation sites is 2.